The summed E-state index contributed by atoms with van der Waals surface area (Å²) in [5.41, 5.74) is 0. The second-order valence-electron chi connectivity index (χ2n) is 1.94. The molecule has 0 radical (unpaired) electrons. The molecule has 0 aromatic rings. The average Bonchev–Trinajstić information content (AvgIpc) is 1.89. The summed E-state index contributed by atoms with van der Waals surface area (Å²) in [5.74, 6) is 1.07. The molecule has 0 bridgehead atoms. The van der Waals surface area contributed by atoms with Crippen LogP contribution in [0.2, 0.25) is 0 Å². The molecule has 0 rings (SSSR count). The average molecular weight is 146 g/mol. The topological polar surface area (TPSA) is 20.2 Å². The standard InChI is InChI=1S/C7H14OS/c1-3-4-5-9-7(2)6-8/h3,7-8H,1,4-6H2,2H3. The summed E-state index contributed by atoms with van der Waals surface area (Å²) in [6, 6.07) is 0. The molecule has 0 aromatic carbocycles. The van der Waals surface area contributed by atoms with Crippen LogP contribution < -0.4 is 0 Å². The molecule has 0 aliphatic carbocycles. The second kappa shape index (κ2) is 6.17. The van der Waals surface area contributed by atoms with E-state index in [2.05, 4.69) is 6.58 Å². The molecule has 0 amide bonds. The van der Waals surface area contributed by atoms with E-state index < -0.39 is 0 Å². The highest BCUT2D eigenvalue weighted by Crippen LogP contribution is 2.10. The van der Waals surface area contributed by atoms with E-state index >= 15 is 0 Å². The molecule has 54 valence electrons. The van der Waals surface area contributed by atoms with Crippen LogP contribution >= 0.6 is 11.8 Å². The van der Waals surface area contributed by atoms with Crippen LogP contribution in [0.15, 0.2) is 12.7 Å². The molecule has 1 unspecified atom stereocenters. The van der Waals surface area contributed by atoms with Gasteiger partial charge in [0, 0.05) is 5.25 Å². The molecule has 0 spiro atoms. The van der Waals surface area contributed by atoms with E-state index in [1.165, 1.54) is 0 Å². The zero-order valence-electron chi connectivity index (χ0n) is 5.84. The van der Waals surface area contributed by atoms with Crippen LogP contribution in [0.4, 0.5) is 0 Å². The number of aliphatic hydroxyl groups excluding tert-OH is 1. The van der Waals surface area contributed by atoms with Gasteiger partial charge in [0.25, 0.3) is 0 Å². The highest BCUT2D eigenvalue weighted by molar-refractivity contribution is 7.99. The number of hydrogen-bond donors (Lipinski definition) is 1. The van der Waals surface area contributed by atoms with E-state index in [9.17, 15) is 0 Å². The third-order valence-corrected chi connectivity index (χ3v) is 2.17. The Morgan fingerprint density at radius 2 is 2.44 bits per heavy atom. The fourth-order valence-electron chi connectivity index (χ4n) is 0.405. The molecule has 0 aromatic heterocycles. The maximum absolute atomic E-state index is 8.59. The van der Waals surface area contributed by atoms with Crippen molar-refractivity contribution in [1.29, 1.82) is 0 Å². The molecule has 0 heterocycles. The summed E-state index contributed by atoms with van der Waals surface area (Å²) in [6.45, 7) is 5.91. The van der Waals surface area contributed by atoms with Crippen molar-refractivity contribution in [3.8, 4) is 0 Å². The van der Waals surface area contributed by atoms with Crippen LogP contribution in [-0.2, 0) is 0 Å². The van der Waals surface area contributed by atoms with Gasteiger partial charge in [-0.3, -0.25) is 0 Å². The highest BCUT2D eigenvalue weighted by atomic mass is 32.2. The Balaban J connectivity index is 2.96. The van der Waals surface area contributed by atoms with Crippen LogP contribution in [0, 0.1) is 0 Å². The van der Waals surface area contributed by atoms with E-state index in [-0.39, 0.29) is 6.61 Å². The smallest absolute Gasteiger partial charge is 0.0547 e. The maximum Gasteiger partial charge on any atom is 0.0547 e. The van der Waals surface area contributed by atoms with Crippen LogP contribution in [0.3, 0.4) is 0 Å². The van der Waals surface area contributed by atoms with Crippen molar-refractivity contribution in [3.63, 3.8) is 0 Å². The fourth-order valence-corrected chi connectivity index (χ4v) is 1.22. The van der Waals surface area contributed by atoms with Gasteiger partial charge in [0.05, 0.1) is 6.61 Å². The summed E-state index contributed by atoms with van der Waals surface area (Å²) in [5, 5.41) is 8.97. The molecule has 0 saturated heterocycles. The fraction of sp³-hybridized carbons (Fsp3) is 0.714. The zero-order chi connectivity index (χ0) is 7.11. The van der Waals surface area contributed by atoms with E-state index in [4.69, 9.17) is 5.11 Å². The first kappa shape index (κ1) is 9.05. The number of rotatable bonds is 5. The first-order chi connectivity index (χ1) is 4.31. The van der Waals surface area contributed by atoms with Crippen LogP contribution in [0.25, 0.3) is 0 Å². The highest BCUT2D eigenvalue weighted by Gasteiger charge is 1.96. The monoisotopic (exact) mass is 146 g/mol. The Labute approximate surface area is 61.2 Å². The molecule has 2 heteroatoms. The van der Waals surface area contributed by atoms with E-state index in [1.54, 1.807) is 11.8 Å². The van der Waals surface area contributed by atoms with Gasteiger partial charge in [0.1, 0.15) is 0 Å². The van der Waals surface area contributed by atoms with Crippen molar-refractivity contribution in [2.45, 2.75) is 18.6 Å². The lowest BCUT2D eigenvalue weighted by Gasteiger charge is -2.04. The summed E-state index contributed by atoms with van der Waals surface area (Å²) in [4.78, 5) is 0. The summed E-state index contributed by atoms with van der Waals surface area (Å²) in [7, 11) is 0. The number of thioether (sulfide) groups is 1. The molecule has 1 atom stereocenters. The molecule has 9 heavy (non-hydrogen) atoms. The van der Waals surface area contributed by atoms with E-state index in [0.29, 0.717) is 5.25 Å². The van der Waals surface area contributed by atoms with Crippen LogP contribution in [0.5, 0.6) is 0 Å². The number of aliphatic hydroxyl groups is 1. The van der Waals surface area contributed by atoms with Gasteiger partial charge in [0.2, 0.25) is 0 Å². The van der Waals surface area contributed by atoms with Crippen molar-refractivity contribution < 1.29 is 5.11 Å². The van der Waals surface area contributed by atoms with Crippen LogP contribution in [0.1, 0.15) is 13.3 Å². The van der Waals surface area contributed by atoms with Gasteiger partial charge in [-0.15, -0.1) is 6.58 Å². The predicted octanol–water partition coefficient (Wildman–Crippen LogP) is 1.68. The van der Waals surface area contributed by atoms with Gasteiger partial charge >= 0.3 is 0 Å². The quantitative estimate of drug-likeness (QED) is 0.470. The minimum Gasteiger partial charge on any atom is -0.395 e. The minimum absolute atomic E-state index is 0.280. The van der Waals surface area contributed by atoms with Gasteiger partial charge < -0.3 is 5.11 Å². The molecule has 0 aliphatic rings. The minimum atomic E-state index is 0.280. The van der Waals surface area contributed by atoms with Crippen LogP contribution in [-0.4, -0.2) is 22.7 Å². The summed E-state index contributed by atoms with van der Waals surface area (Å²) >= 11 is 1.78. The largest absolute Gasteiger partial charge is 0.395 e. The first-order valence-electron chi connectivity index (χ1n) is 3.14. The molecular weight excluding hydrogens is 132 g/mol. The number of hydrogen-bond acceptors (Lipinski definition) is 2. The summed E-state index contributed by atoms with van der Waals surface area (Å²) < 4.78 is 0. The molecule has 1 N–H and O–H groups in total. The Morgan fingerprint density at radius 3 is 2.89 bits per heavy atom. The third kappa shape index (κ3) is 5.93. The lowest BCUT2D eigenvalue weighted by molar-refractivity contribution is 0.300. The van der Waals surface area contributed by atoms with Gasteiger partial charge in [-0.05, 0) is 12.2 Å². The van der Waals surface area contributed by atoms with E-state index in [0.717, 1.165) is 12.2 Å². The van der Waals surface area contributed by atoms with Gasteiger partial charge in [-0.25, -0.2) is 0 Å². The van der Waals surface area contributed by atoms with Gasteiger partial charge in [-0.2, -0.15) is 11.8 Å². The third-order valence-electron chi connectivity index (χ3n) is 0.981. The Hall–Kier alpha value is 0.0500. The first-order valence-corrected chi connectivity index (χ1v) is 4.19. The van der Waals surface area contributed by atoms with Crippen molar-refractivity contribution in [3.05, 3.63) is 12.7 Å². The zero-order valence-corrected chi connectivity index (χ0v) is 6.66. The molecular formula is C7H14OS. The van der Waals surface area contributed by atoms with Gasteiger partial charge in [-0.1, -0.05) is 13.0 Å². The van der Waals surface area contributed by atoms with Crippen molar-refractivity contribution >= 4 is 11.8 Å². The van der Waals surface area contributed by atoms with Crippen molar-refractivity contribution in [2.75, 3.05) is 12.4 Å². The lowest BCUT2D eigenvalue weighted by Crippen LogP contribution is -2.02. The molecule has 0 saturated carbocycles. The number of allylic oxidation sites excluding steroid dienone is 1. The Bertz CT molecular complexity index is 73.3. The lowest BCUT2D eigenvalue weighted by atomic mass is 10.5. The normalized spacial score (nSPS) is 13.1. The molecule has 0 aliphatic heterocycles. The molecule has 0 fully saturated rings. The van der Waals surface area contributed by atoms with Crippen molar-refractivity contribution in [2.24, 2.45) is 0 Å². The Morgan fingerprint density at radius 1 is 1.78 bits per heavy atom. The van der Waals surface area contributed by atoms with Gasteiger partial charge in [0.15, 0.2) is 0 Å². The summed E-state index contributed by atoms with van der Waals surface area (Å²) in [6.07, 6.45) is 2.94. The Kier molecular flexibility index (Phi) is 6.21. The predicted molar refractivity (Wildman–Crippen MR) is 43.8 cm³/mol. The maximum atomic E-state index is 8.59. The molecule has 1 nitrogen and oxygen atoms in total. The SMILES string of the molecule is C=CCCSC(C)CO. The second-order valence-corrected chi connectivity index (χ2v) is 3.49. The van der Waals surface area contributed by atoms with Crippen molar-refractivity contribution in [1.82, 2.24) is 0 Å². The van der Waals surface area contributed by atoms with E-state index in [1.807, 2.05) is 13.0 Å².